The molecule has 0 spiro atoms. The van der Waals surface area contributed by atoms with E-state index in [2.05, 4.69) is 22.2 Å². The van der Waals surface area contributed by atoms with Gasteiger partial charge in [-0.2, -0.15) is 0 Å². The van der Waals surface area contributed by atoms with Crippen LogP contribution in [0.4, 0.5) is 5.00 Å². The number of carbonyl (C=O) groups is 6. The lowest BCUT2D eigenvalue weighted by atomic mass is 10.1. The van der Waals surface area contributed by atoms with E-state index >= 15 is 0 Å². The number of nitrogens with zero attached hydrogens (tertiary/aromatic N) is 2. The highest BCUT2D eigenvalue weighted by molar-refractivity contribution is 7.17. The second kappa shape index (κ2) is 14.8. The van der Waals surface area contributed by atoms with Crippen LogP contribution in [-0.2, 0) is 41.6 Å². The number of likely N-dealkylation sites (N-methyl/N-ethyl adjacent to an activating group) is 1. The summed E-state index contributed by atoms with van der Waals surface area (Å²) < 4.78 is 4.91. The number of hydrogen-bond acceptors (Lipinski definition) is 10. The Kier molecular flexibility index (Phi) is 12.5. The van der Waals surface area contributed by atoms with Crippen molar-refractivity contribution in [3.8, 4) is 0 Å². The summed E-state index contributed by atoms with van der Waals surface area (Å²) in [5.74, 6) is -7.67. The van der Waals surface area contributed by atoms with Gasteiger partial charge in [0.15, 0.2) is 0 Å². The van der Waals surface area contributed by atoms with Crippen molar-refractivity contribution in [3.05, 3.63) is 16.0 Å². The number of aliphatic carboxylic acids is 4. The van der Waals surface area contributed by atoms with Crippen LogP contribution < -0.4 is 5.32 Å². The van der Waals surface area contributed by atoms with E-state index in [0.717, 1.165) is 57.5 Å². The molecule has 3 rings (SSSR count). The molecule has 200 valence electrons. The van der Waals surface area contributed by atoms with Crippen molar-refractivity contribution >= 4 is 52.1 Å². The van der Waals surface area contributed by atoms with E-state index in [4.69, 9.17) is 44.3 Å². The second-order valence-corrected chi connectivity index (χ2v) is 8.82. The molecule has 1 fully saturated rings. The number of hydrogen-bond donors (Lipinski definition) is 5. The number of thiophene rings is 1. The number of fused-ring (bicyclic) bond motifs is 1. The Morgan fingerprint density at radius 3 is 1.89 bits per heavy atom. The van der Waals surface area contributed by atoms with Gasteiger partial charge >= 0.3 is 29.8 Å². The van der Waals surface area contributed by atoms with E-state index in [1.807, 2.05) is 0 Å². The van der Waals surface area contributed by atoms with Crippen molar-refractivity contribution in [3.63, 3.8) is 0 Å². The van der Waals surface area contributed by atoms with Crippen LogP contribution in [0.2, 0.25) is 0 Å². The fourth-order valence-corrected chi connectivity index (χ4v) is 4.62. The third-order valence-electron chi connectivity index (χ3n) is 5.18. The maximum absolute atomic E-state index is 12.3. The molecular weight excluding hydrogens is 502 g/mol. The highest BCUT2D eigenvalue weighted by atomic mass is 32.1. The Balaban J connectivity index is 0.000000450. The van der Waals surface area contributed by atoms with Gasteiger partial charge in [0, 0.05) is 44.0 Å². The number of carboxylic acids is 4. The van der Waals surface area contributed by atoms with E-state index in [-0.39, 0.29) is 11.9 Å². The Morgan fingerprint density at radius 1 is 0.889 bits per heavy atom. The molecule has 0 bridgehead atoms. The van der Waals surface area contributed by atoms with Crippen molar-refractivity contribution in [2.75, 3.05) is 52.2 Å². The van der Waals surface area contributed by atoms with E-state index in [1.54, 1.807) is 0 Å². The van der Waals surface area contributed by atoms with Crippen LogP contribution in [0.5, 0.6) is 0 Å². The summed E-state index contributed by atoms with van der Waals surface area (Å²) >= 11 is 1.53. The first-order valence-corrected chi connectivity index (χ1v) is 11.5. The zero-order valence-corrected chi connectivity index (χ0v) is 20.6. The number of rotatable bonds is 5. The normalized spacial score (nSPS) is 14.7. The second-order valence-electron chi connectivity index (χ2n) is 7.72. The van der Waals surface area contributed by atoms with Crippen molar-refractivity contribution in [1.82, 2.24) is 9.80 Å². The van der Waals surface area contributed by atoms with Gasteiger partial charge in [0.2, 0.25) is 5.91 Å². The van der Waals surface area contributed by atoms with Crippen molar-refractivity contribution in [2.45, 2.75) is 25.7 Å². The lowest BCUT2D eigenvalue weighted by Gasteiger charge is -2.32. The van der Waals surface area contributed by atoms with Crippen LogP contribution in [0.15, 0.2) is 0 Å². The lowest BCUT2D eigenvalue weighted by Crippen LogP contribution is -2.45. The highest BCUT2D eigenvalue weighted by Gasteiger charge is 2.28. The van der Waals surface area contributed by atoms with Gasteiger partial charge in [-0.15, -0.1) is 11.3 Å². The summed E-state index contributed by atoms with van der Waals surface area (Å²) in [6.07, 6.45) is 3.41. The van der Waals surface area contributed by atoms with Gasteiger partial charge < -0.3 is 40.3 Å². The predicted octanol–water partition coefficient (Wildman–Crippen LogP) is -0.0894. The summed E-state index contributed by atoms with van der Waals surface area (Å²) in [5, 5.41) is 33.2. The fraction of sp³-hybridized carbons (Fsp3) is 0.524. The summed E-state index contributed by atoms with van der Waals surface area (Å²) in [7, 11) is 3.51. The van der Waals surface area contributed by atoms with Gasteiger partial charge in [-0.3, -0.25) is 4.79 Å². The number of carbonyl (C=O) groups excluding carboxylic acids is 2. The van der Waals surface area contributed by atoms with E-state index in [0.29, 0.717) is 17.0 Å². The Labute approximate surface area is 210 Å². The van der Waals surface area contributed by atoms with Crippen LogP contribution in [0.3, 0.4) is 0 Å². The number of anilines is 1. The average molecular weight is 532 g/mol. The zero-order chi connectivity index (χ0) is 27.4. The topological polar surface area (TPSA) is 211 Å². The SMILES string of the molecule is COC(=O)c1c(NC(=O)CCN2CCN(C)CC2)sc2c1CCC2.O=C(O)C(=O)O.O=C(O)C(=O)O. The van der Waals surface area contributed by atoms with E-state index < -0.39 is 23.9 Å². The van der Waals surface area contributed by atoms with Gasteiger partial charge in [-0.05, 0) is 31.9 Å². The van der Waals surface area contributed by atoms with Crippen molar-refractivity contribution in [2.24, 2.45) is 0 Å². The summed E-state index contributed by atoms with van der Waals surface area (Å²) in [6, 6.07) is 0. The number of piperazine rings is 1. The van der Waals surface area contributed by atoms with Crippen molar-refractivity contribution < 1.29 is 53.9 Å². The number of esters is 1. The summed E-state index contributed by atoms with van der Waals surface area (Å²) in [6.45, 7) is 4.87. The molecule has 0 aromatic carbocycles. The van der Waals surface area contributed by atoms with Crippen LogP contribution in [0.25, 0.3) is 0 Å². The molecule has 2 aliphatic rings. The Bertz CT molecular complexity index is 936. The molecule has 1 aliphatic carbocycles. The minimum absolute atomic E-state index is 0.0287. The largest absolute Gasteiger partial charge is 0.473 e. The Morgan fingerprint density at radius 2 is 1.42 bits per heavy atom. The van der Waals surface area contributed by atoms with Crippen LogP contribution in [-0.4, -0.2) is 113 Å². The van der Waals surface area contributed by atoms with Gasteiger partial charge in [-0.1, -0.05) is 0 Å². The standard InChI is InChI=1S/C17H25N3O3S.2C2H2O4/c1-19-8-10-20(11-9-19)7-6-14(21)18-16-15(17(22)23-2)12-4-3-5-13(12)24-16;2*3-1(4)2(5)6/h3-11H2,1-2H3,(H,18,21);2*(H,3,4)(H,5,6). The molecule has 1 saturated heterocycles. The molecule has 1 aromatic heterocycles. The molecule has 1 aromatic rings. The van der Waals surface area contributed by atoms with Gasteiger partial charge in [0.1, 0.15) is 5.00 Å². The monoisotopic (exact) mass is 531 g/mol. The first kappa shape index (κ1) is 30.5. The molecule has 1 amide bonds. The first-order chi connectivity index (χ1) is 16.9. The van der Waals surface area contributed by atoms with Crippen molar-refractivity contribution in [1.29, 1.82) is 0 Å². The molecule has 5 N–H and O–H groups in total. The maximum Gasteiger partial charge on any atom is 0.414 e. The molecule has 36 heavy (non-hydrogen) atoms. The number of ether oxygens (including phenoxy) is 1. The molecule has 0 atom stereocenters. The smallest absolute Gasteiger partial charge is 0.414 e. The molecule has 14 nitrogen and oxygen atoms in total. The van der Waals surface area contributed by atoms with Gasteiger partial charge in [-0.25, -0.2) is 24.0 Å². The number of aryl methyl sites for hydroxylation is 1. The zero-order valence-electron chi connectivity index (χ0n) is 19.8. The van der Waals surface area contributed by atoms with Gasteiger partial charge in [0.25, 0.3) is 0 Å². The van der Waals surface area contributed by atoms with Crippen LogP contribution >= 0.6 is 11.3 Å². The summed E-state index contributed by atoms with van der Waals surface area (Å²) in [4.78, 5) is 66.6. The quantitative estimate of drug-likeness (QED) is 0.249. The number of nitrogens with one attached hydrogen (secondary N) is 1. The number of methoxy groups -OCH3 is 1. The summed E-state index contributed by atoms with van der Waals surface area (Å²) in [5.41, 5.74) is 1.64. The average Bonchev–Trinajstić information content (AvgIpc) is 3.39. The molecule has 0 radical (unpaired) electrons. The molecule has 0 unspecified atom stereocenters. The number of carboxylic acid groups (broad SMARTS) is 4. The molecule has 0 saturated carbocycles. The van der Waals surface area contributed by atoms with Gasteiger partial charge in [0.05, 0.1) is 12.7 Å². The maximum atomic E-state index is 12.3. The third-order valence-corrected chi connectivity index (χ3v) is 6.39. The third kappa shape index (κ3) is 9.97. The molecule has 2 heterocycles. The minimum atomic E-state index is -1.82. The van der Waals surface area contributed by atoms with Crippen LogP contribution in [0.1, 0.15) is 33.6 Å². The van der Waals surface area contributed by atoms with Crippen LogP contribution in [0, 0.1) is 0 Å². The van der Waals surface area contributed by atoms with E-state index in [1.165, 1.54) is 23.3 Å². The first-order valence-electron chi connectivity index (χ1n) is 10.7. The minimum Gasteiger partial charge on any atom is -0.473 e. The Hall–Kier alpha value is -3.56. The number of amides is 1. The molecule has 1 aliphatic heterocycles. The highest BCUT2D eigenvalue weighted by Crippen LogP contribution is 2.39. The van der Waals surface area contributed by atoms with E-state index in [9.17, 15) is 9.59 Å². The predicted molar refractivity (Wildman–Crippen MR) is 125 cm³/mol. The fourth-order valence-electron chi connectivity index (χ4n) is 3.33. The molecular formula is C21H29N3O11S. The lowest BCUT2D eigenvalue weighted by molar-refractivity contribution is -0.159. The molecule has 15 heteroatoms.